The van der Waals surface area contributed by atoms with Crippen LogP contribution in [0.25, 0.3) is 0 Å². The van der Waals surface area contributed by atoms with E-state index in [4.69, 9.17) is 9.84 Å². The lowest BCUT2D eigenvalue weighted by atomic mass is 10.2. The van der Waals surface area contributed by atoms with Crippen molar-refractivity contribution in [3.63, 3.8) is 0 Å². The quantitative estimate of drug-likeness (QED) is 0.599. The summed E-state index contributed by atoms with van der Waals surface area (Å²) in [7, 11) is 0. The first-order valence-corrected chi connectivity index (χ1v) is 8.30. The van der Waals surface area contributed by atoms with Crippen molar-refractivity contribution in [2.75, 3.05) is 19.8 Å². The van der Waals surface area contributed by atoms with Crippen molar-refractivity contribution in [2.24, 2.45) is 0 Å². The Balaban J connectivity index is 2.28. The fourth-order valence-electron chi connectivity index (χ4n) is 1.93. The summed E-state index contributed by atoms with van der Waals surface area (Å²) in [5, 5.41) is 12.1. The molecule has 0 radical (unpaired) electrons. The maximum Gasteiger partial charge on any atom is 0.133 e. The zero-order valence-electron chi connectivity index (χ0n) is 12.3. The minimum atomic E-state index is 0.292. The Labute approximate surface area is 130 Å². The molecule has 20 heavy (non-hydrogen) atoms. The number of benzene rings is 1. The van der Waals surface area contributed by atoms with E-state index in [-0.39, 0.29) is 0 Å². The summed E-state index contributed by atoms with van der Waals surface area (Å²) in [5.41, 5.74) is 1.26. The van der Waals surface area contributed by atoms with Crippen LogP contribution >= 0.6 is 15.9 Å². The molecule has 1 rings (SSSR count). The highest BCUT2D eigenvalue weighted by Crippen LogP contribution is 2.26. The Bertz CT molecular complexity index is 371. The van der Waals surface area contributed by atoms with E-state index in [0.29, 0.717) is 6.61 Å². The van der Waals surface area contributed by atoms with Gasteiger partial charge < -0.3 is 15.2 Å². The topological polar surface area (TPSA) is 41.5 Å². The lowest BCUT2D eigenvalue weighted by molar-refractivity contribution is 0.273. The minimum absolute atomic E-state index is 0.292. The Morgan fingerprint density at radius 2 is 2.00 bits per heavy atom. The van der Waals surface area contributed by atoms with E-state index in [1.807, 2.05) is 6.07 Å². The maximum atomic E-state index is 8.70. The zero-order valence-corrected chi connectivity index (χ0v) is 13.9. The van der Waals surface area contributed by atoms with Gasteiger partial charge in [-0.05, 0) is 65.9 Å². The van der Waals surface area contributed by atoms with Gasteiger partial charge in [0.2, 0.25) is 0 Å². The highest BCUT2D eigenvalue weighted by Gasteiger charge is 2.02. The molecule has 1 aromatic carbocycles. The fraction of sp³-hybridized carbons (Fsp3) is 0.625. The molecule has 3 nitrogen and oxygen atoms in total. The second kappa shape index (κ2) is 11.1. The average molecular weight is 344 g/mol. The van der Waals surface area contributed by atoms with E-state index in [9.17, 15) is 0 Å². The van der Waals surface area contributed by atoms with E-state index in [1.54, 1.807) is 0 Å². The third-order valence-corrected chi connectivity index (χ3v) is 3.68. The van der Waals surface area contributed by atoms with Gasteiger partial charge in [0.25, 0.3) is 0 Å². The number of rotatable bonds is 11. The van der Waals surface area contributed by atoms with E-state index < -0.39 is 0 Å². The molecule has 0 spiro atoms. The van der Waals surface area contributed by atoms with E-state index >= 15 is 0 Å². The smallest absolute Gasteiger partial charge is 0.133 e. The summed E-state index contributed by atoms with van der Waals surface area (Å²) in [6.07, 6.45) is 5.26. The van der Waals surface area contributed by atoms with Crippen LogP contribution in [0.4, 0.5) is 0 Å². The molecule has 0 atom stereocenters. The molecule has 1 aromatic rings. The van der Waals surface area contributed by atoms with Gasteiger partial charge in [-0.15, -0.1) is 0 Å². The van der Waals surface area contributed by atoms with Crippen LogP contribution in [0.2, 0.25) is 0 Å². The molecule has 0 saturated carbocycles. The molecule has 2 N–H and O–H groups in total. The predicted octanol–water partition coefficient (Wildman–Crippen LogP) is 3.88. The second-order valence-electron chi connectivity index (χ2n) is 4.93. The molecule has 0 saturated heterocycles. The van der Waals surface area contributed by atoms with Gasteiger partial charge in [-0.2, -0.15) is 0 Å². The Hall–Kier alpha value is -0.580. The molecule has 0 heterocycles. The predicted molar refractivity (Wildman–Crippen MR) is 87.2 cm³/mol. The van der Waals surface area contributed by atoms with E-state index in [2.05, 4.69) is 40.3 Å². The number of ether oxygens (including phenoxy) is 1. The molecule has 0 aliphatic rings. The third-order valence-electron chi connectivity index (χ3n) is 3.06. The van der Waals surface area contributed by atoms with Gasteiger partial charge in [0.1, 0.15) is 5.75 Å². The first-order valence-electron chi connectivity index (χ1n) is 7.50. The van der Waals surface area contributed by atoms with Crippen LogP contribution in [0, 0.1) is 0 Å². The molecule has 0 amide bonds. The molecule has 0 unspecified atom stereocenters. The molecule has 0 fully saturated rings. The second-order valence-corrected chi connectivity index (χ2v) is 5.78. The van der Waals surface area contributed by atoms with Gasteiger partial charge in [0.15, 0.2) is 0 Å². The summed E-state index contributed by atoms with van der Waals surface area (Å²) in [6, 6.07) is 6.25. The van der Waals surface area contributed by atoms with Crippen molar-refractivity contribution >= 4 is 15.9 Å². The van der Waals surface area contributed by atoms with E-state index in [0.717, 1.165) is 62.0 Å². The van der Waals surface area contributed by atoms with Crippen molar-refractivity contribution in [1.29, 1.82) is 0 Å². The Morgan fingerprint density at radius 1 is 1.20 bits per heavy atom. The number of hydrogen-bond donors (Lipinski definition) is 2. The highest BCUT2D eigenvalue weighted by molar-refractivity contribution is 9.10. The summed E-state index contributed by atoms with van der Waals surface area (Å²) in [5.74, 6) is 0.909. The fourth-order valence-corrected chi connectivity index (χ4v) is 2.47. The molecular weight excluding hydrogens is 318 g/mol. The van der Waals surface area contributed by atoms with Crippen LogP contribution < -0.4 is 10.1 Å². The van der Waals surface area contributed by atoms with Crippen molar-refractivity contribution < 1.29 is 9.84 Å². The van der Waals surface area contributed by atoms with Crippen molar-refractivity contribution in [2.45, 2.75) is 45.6 Å². The number of nitrogens with one attached hydrogen (secondary N) is 1. The first-order chi connectivity index (χ1) is 9.77. The number of aliphatic hydroxyl groups excluding tert-OH is 1. The molecule has 0 bridgehead atoms. The monoisotopic (exact) mass is 343 g/mol. The minimum Gasteiger partial charge on any atom is -0.492 e. The number of hydrogen-bond acceptors (Lipinski definition) is 3. The molecule has 0 aromatic heterocycles. The Kier molecular flexibility index (Phi) is 9.71. The van der Waals surface area contributed by atoms with Gasteiger partial charge in [0, 0.05) is 13.2 Å². The first kappa shape index (κ1) is 17.5. The molecule has 0 aliphatic carbocycles. The van der Waals surface area contributed by atoms with Crippen molar-refractivity contribution in [3.8, 4) is 5.75 Å². The lowest BCUT2D eigenvalue weighted by Gasteiger charge is -2.10. The summed E-state index contributed by atoms with van der Waals surface area (Å²) >= 11 is 3.56. The number of halogens is 1. The summed E-state index contributed by atoms with van der Waals surface area (Å²) in [6.45, 7) is 5.13. The molecule has 0 aliphatic heterocycles. The van der Waals surface area contributed by atoms with Gasteiger partial charge in [-0.1, -0.05) is 19.4 Å². The number of aliphatic hydroxyl groups is 1. The summed E-state index contributed by atoms with van der Waals surface area (Å²) < 4.78 is 6.79. The van der Waals surface area contributed by atoms with Crippen molar-refractivity contribution in [1.82, 2.24) is 5.32 Å². The number of unbranched alkanes of at least 4 members (excludes halogenated alkanes) is 3. The zero-order chi connectivity index (χ0) is 14.6. The van der Waals surface area contributed by atoms with Crippen LogP contribution in [-0.2, 0) is 6.54 Å². The van der Waals surface area contributed by atoms with Crippen LogP contribution in [0.15, 0.2) is 22.7 Å². The standard InChI is InChI=1S/C16H26BrNO2/c1-2-9-18-13-14-7-8-16(15(17)12-14)20-11-6-4-3-5-10-19/h7-8,12,18-19H,2-6,9-11,13H2,1H3. The third kappa shape index (κ3) is 7.27. The van der Waals surface area contributed by atoms with E-state index in [1.165, 1.54) is 5.56 Å². The van der Waals surface area contributed by atoms with Gasteiger partial charge in [-0.25, -0.2) is 0 Å². The average Bonchev–Trinajstić information content (AvgIpc) is 2.45. The lowest BCUT2D eigenvalue weighted by Crippen LogP contribution is -2.13. The summed E-state index contributed by atoms with van der Waals surface area (Å²) in [4.78, 5) is 0. The normalized spacial score (nSPS) is 10.8. The van der Waals surface area contributed by atoms with Crippen molar-refractivity contribution in [3.05, 3.63) is 28.2 Å². The van der Waals surface area contributed by atoms with Gasteiger partial charge >= 0.3 is 0 Å². The van der Waals surface area contributed by atoms with Crippen LogP contribution in [0.3, 0.4) is 0 Å². The molecular formula is C16H26BrNO2. The molecule has 114 valence electrons. The van der Waals surface area contributed by atoms with Gasteiger partial charge in [-0.3, -0.25) is 0 Å². The highest BCUT2D eigenvalue weighted by atomic mass is 79.9. The molecule has 4 heteroatoms. The Morgan fingerprint density at radius 3 is 2.70 bits per heavy atom. The SMILES string of the molecule is CCCNCc1ccc(OCCCCCCO)c(Br)c1. The van der Waals surface area contributed by atoms with Gasteiger partial charge in [0.05, 0.1) is 11.1 Å². The largest absolute Gasteiger partial charge is 0.492 e. The van der Waals surface area contributed by atoms with Crippen LogP contribution in [-0.4, -0.2) is 24.9 Å². The van der Waals surface area contributed by atoms with Crippen LogP contribution in [0.5, 0.6) is 5.75 Å². The maximum absolute atomic E-state index is 8.70. The van der Waals surface area contributed by atoms with Crippen LogP contribution in [0.1, 0.15) is 44.6 Å².